The van der Waals surface area contributed by atoms with E-state index in [1.807, 2.05) is 23.6 Å². The molecule has 4 nitrogen and oxygen atoms in total. The number of nitrogens with zero attached hydrogens (tertiary/aromatic N) is 2. The minimum Gasteiger partial charge on any atom is -0.333 e. The Morgan fingerprint density at radius 3 is 2.77 bits per heavy atom. The van der Waals surface area contributed by atoms with Gasteiger partial charge in [-0.1, -0.05) is 36.4 Å². The zero-order valence-electron chi connectivity index (χ0n) is 12.6. The highest BCUT2D eigenvalue weighted by molar-refractivity contribution is 7.09. The van der Waals surface area contributed by atoms with E-state index in [4.69, 9.17) is 5.73 Å². The smallest absolute Gasteiger partial charge is 0.273 e. The number of aromatic nitrogens is 1. The van der Waals surface area contributed by atoms with E-state index in [9.17, 15) is 4.79 Å². The molecule has 2 N–H and O–H groups in total. The minimum atomic E-state index is -0.0460. The minimum absolute atomic E-state index is 0.0460. The average Bonchev–Trinajstić information content (AvgIpc) is 3.01. The third-order valence-corrected chi connectivity index (χ3v) is 4.19. The Labute approximate surface area is 135 Å². The fourth-order valence-electron chi connectivity index (χ4n) is 2.15. The summed E-state index contributed by atoms with van der Waals surface area (Å²) in [7, 11) is 0. The van der Waals surface area contributed by atoms with Gasteiger partial charge in [0.2, 0.25) is 0 Å². The maximum Gasteiger partial charge on any atom is 0.273 e. The summed E-state index contributed by atoms with van der Waals surface area (Å²) in [5, 5.41) is 2.72. The summed E-state index contributed by atoms with van der Waals surface area (Å²) in [6.45, 7) is 5.46. The lowest BCUT2D eigenvalue weighted by Gasteiger charge is -2.20. The molecule has 22 heavy (non-hydrogen) atoms. The van der Waals surface area contributed by atoms with Gasteiger partial charge in [0.1, 0.15) is 5.69 Å². The van der Waals surface area contributed by atoms with Crippen LogP contribution >= 0.6 is 11.3 Å². The summed E-state index contributed by atoms with van der Waals surface area (Å²) in [6, 6.07) is 10.1. The summed E-state index contributed by atoms with van der Waals surface area (Å²) < 4.78 is 0. The molecule has 5 heteroatoms. The summed E-state index contributed by atoms with van der Waals surface area (Å²) in [5.74, 6) is -0.0460. The van der Waals surface area contributed by atoms with Gasteiger partial charge < -0.3 is 10.6 Å². The Morgan fingerprint density at radius 1 is 1.32 bits per heavy atom. The molecule has 0 aliphatic rings. The number of benzene rings is 1. The zero-order chi connectivity index (χ0) is 15.8. The Bertz CT molecular complexity index is 609. The topological polar surface area (TPSA) is 59.2 Å². The molecular weight excluding hydrogens is 294 g/mol. The maximum atomic E-state index is 12.6. The predicted molar refractivity (Wildman–Crippen MR) is 91.1 cm³/mol. The van der Waals surface area contributed by atoms with Crippen LogP contribution in [0.15, 0.2) is 48.4 Å². The molecule has 0 spiro atoms. The molecule has 0 aliphatic carbocycles. The number of nitrogens with two attached hydrogens (primary N) is 1. The third kappa shape index (κ3) is 4.51. The van der Waals surface area contributed by atoms with E-state index in [1.54, 1.807) is 11.0 Å². The van der Waals surface area contributed by atoms with Crippen LogP contribution in [0.3, 0.4) is 0 Å². The number of carbonyl (C=O) groups is 1. The second-order valence-electron chi connectivity index (χ2n) is 4.94. The highest BCUT2D eigenvalue weighted by atomic mass is 32.1. The van der Waals surface area contributed by atoms with Crippen molar-refractivity contribution in [2.75, 3.05) is 19.6 Å². The summed E-state index contributed by atoms with van der Waals surface area (Å²) in [4.78, 5) is 18.7. The first-order valence-electron chi connectivity index (χ1n) is 7.33. The molecule has 116 valence electrons. The highest BCUT2D eigenvalue weighted by Gasteiger charge is 2.17. The molecule has 0 saturated carbocycles. The Kier molecular flexibility index (Phi) is 6.30. The van der Waals surface area contributed by atoms with Crippen LogP contribution in [-0.4, -0.2) is 35.4 Å². The first-order valence-corrected chi connectivity index (χ1v) is 8.21. The van der Waals surface area contributed by atoms with Gasteiger partial charge in [-0.05, 0) is 18.5 Å². The molecule has 0 saturated heterocycles. The lowest BCUT2D eigenvalue weighted by molar-refractivity contribution is 0.0770. The highest BCUT2D eigenvalue weighted by Crippen LogP contribution is 2.13. The largest absolute Gasteiger partial charge is 0.333 e. The lowest BCUT2D eigenvalue weighted by atomic mass is 10.1. The van der Waals surface area contributed by atoms with Crippen molar-refractivity contribution in [1.29, 1.82) is 0 Å². The fourth-order valence-corrected chi connectivity index (χ4v) is 2.94. The number of thiazole rings is 1. The van der Waals surface area contributed by atoms with Crippen molar-refractivity contribution < 1.29 is 4.79 Å². The van der Waals surface area contributed by atoms with Crippen molar-refractivity contribution in [3.05, 3.63) is 64.6 Å². The molecular formula is C17H21N3OS. The first kappa shape index (κ1) is 16.4. The second kappa shape index (κ2) is 8.46. The van der Waals surface area contributed by atoms with Crippen LogP contribution < -0.4 is 5.73 Å². The van der Waals surface area contributed by atoms with Crippen LogP contribution in [0.4, 0.5) is 0 Å². The summed E-state index contributed by atoms with van der Waals surface area (Å²) in [5.41, 5.74) is 7.24. The molecule has 0 unspecified atom stereocenters. The molecule has 1 aromatic carbocycles. The van der Waals surface area contributed by atoms with Crippen molar-refractivity contribution in [3.63, 3.8) is 0 Å². The number of hydrogen-bond donors (Lipinski definition) is 1. The zero-order valence-corrected chi connectivity index (χ0v) is 13.4. The van der Waals surface area contributed by atoms with Crippen LogP contribution in [0.2, 0.25) is 0 Å². The molecule has 1 heterocycles. The van der Waals surface area contributed by atoms with Gasteiger partial charge in [0.15, 0.2) is 0 Å². The van der Waals surface area contributed by atoms with Gasteiger partial charge in [0.25, 0.3) is 5.91 Å². The van der Waals surface area contributed by atoms with Crippen LogP contribution in [-0.2, 0) is 12.8 Å². The van der Waals surface area contributed by atoms with Gasteiger partial charge in [0.05, 0.1) is 5.01 Å². The predicted octanol–water partition coefficient (Wildman–Crippen LogP) is 2.52. The molecule has 1 aromatic heterocycles. The van der Waals surface area contributed by atoms with Gasteiger partial charge in [-0.3, -0.25) is 4.79 Å². The number of hydrogen-bond acceptors (Lipinski definition) is 4. The number of carbonyl (C=O) groups excluding carboxylic acids is 1. The first-order chi connectivity index (χ1) is 10.7. The second-order valence-corrected chi connectivity index (χ2v) is 5.88. The van der Waals surface area contributed by atoms with Gasteiger partial charge in [-0.25, -0.2) is 4.98 Å². The van der Waals surface area contributed by atoms with Crippen molar-refractivity contribution in [3.8, 4) is 0 Å². The van der Waals surface area contributed by atoms with Gasteiger partial charge in [0, 0.05) is 24.9 Å². The average molecular weight is 315 g/mol. The lowest BCUT2D eigenvalue weighted by Crippen LogP contribution is -2.33. The third-order valence-electron chi connectivity index (χ3n) is 3.28. The summed E-state index contributed by atoms with van der Waals surface area (Å²) in [6.07, 6.45) is 3.28. The molecule has 0 radical (unpaired) electrons. The van der Waals surface area contributed by atoms with E-state index < -0.39 is 0 Å². The van der Waals surface area contributed by atoms with Crippen molar-refractivity contribution in [1.82, 2.24) is 9.88 Å². The Balaban J connectivity index is 2.02. The number of rotatable bonds is 8. The molecule has 0 aliphatic heterocycles. The van der Waals surface area contributed by atoms with Crippen molar-refractivity contribution in [2.24, 2.45) is 5.73 Å². The number of amides is 1. The van der Waals surface area contributed by atoms with Crippen LogP contribution in [0.25, 0.3) is 0 Å². The Hall–Kier alpha value is -1.98. The molecule has 2 rings (SSSR count). The van der Waals surface area contributed by atoms with E-state index in [0.29, 0.717) is 31.7 Å². The van der Waals surface area contributed by atoms with Crippen molar-refractivity contribution >= 4 is 17.2 Å². The maximum absolute atomic E-state index is 12.6. The van der Waals surface area contributed by atoms with E-state index in [2.05, 4.69) is 23.7 Å². The van der Waals surface area contributed by atoms with Crippen LogP contribution in [0, 0.1) is 0 Å². The fraction of sp³-hybridized carbons (Fsp3) is 0.294. The molecule has 0 fully saturated rings. The van der Waals surface area contributed by atoms with Crippen LogP contribution in [0.1, 0.15) is 21.1 Å². The van der Waals surface area contributed by atoms with Crippen LogP contribution in [0.5, 0.6) is 0 Å². The van der Waals surface area contributed by atoms with E-state index >= 15 is 0 Å². The SMILES string of the molecule is C=CCN(CCc1ccccc1)C(=O)c1csc(CCN)n1. The standard InChI is InChI=1S/C17H21N3OS/c1-2-11-20(12-9-14-6-4-3-5-7-14)17(21)15-13-22-16(19-15)8-10-18/h2-7,13H,1,8-12,18H2. The van der Waals surface area contributed by atoms with Gasteiger partial charge >= 0.3 is 0 Å². The normalized spacial score (nSPS) is 10.4. The van der Waals surface area contributed by atoms with Crippen molar-refractivity contribution in [2.45, 2.75) is 12.8 Å². The van der Waals surface area contributed by atoms with E-state index in [0.717, 1.165) is 11.4 Å². The van der Waals surface area contributed by atoms with Gasteiger partial charge in [-0.15, -0.1) is 17.9 Å². The molecule has 2 aromatic rings. The quantitative estimate of drug-likeness (QED) is 0.762. The van der Waals surface area contributed by atoms with Gasteiger partial charge in [-0.2, -0.15) is 0 Å². The summed E-state index contributed by atoms with van der Waals surface area (Å²) >= 11 is 1.49. The molecule has 0 atom stereocenters. The monoisotopic (exact) mass is 315 g/mol. The van der Waals surface area contributed by atoms with E-state index in [1.165, 1.54) is 16.9 Å². The van der Waals surface area contributed by atoms with E-state index in [-0.39, 0.29) is 5.91 Å². The Morgan fingerprint density at radius 2 is 2.09 bits per heavy atom. The molecule has 0 bridgehead atoms. The molecule has 1 amide bonds.